The third-order valence-corrected chi connectivity index (χ3v) is 7.91. The van der Waals surface area contributed by atoms with Gasteiger partial charge in [-0.3, -0.25) is 9.36 Å². The normalized spacial score (nSPS) is 28.1. The van der Waals surface area contributed by atoms with E-state index in [0.717, 1.165) is 25.0 Å². The first-order valence-corrected chi connectivity index (χ1v) is 11.1. The Hall–Kier alpha value is -1.30. The molecule has 5 nitrogen and oxygen atoms in total. The van der Waals surface area contributed by atoms with Gasteiger partial charge in [0.15, 0.2) is 11.6 Å². The van der Waals surface area contributed by atoms with Crippen LogP contribution in [0.15, 0.2) is 18.2 Å². The van der Waals surface area contributed by atoms with Crippen molar-refractivity contribution in [2.75, 3.05) is 0 Å². The first kappa shape index (κ1) is 20.4. The van der Waals surface area contributed by atoms with Crippen molar-refractivity contribution in [2.45, 2.75) is 70.1 Å². The van der Waals surface area contributed by atoms with E-state index in [4.69, 9.17) is 0 Å². The SMILES string of the molecule is CCC1(CC)C[C@H](c2ccc(F)c(F)c2)N2C(=O)C(P(=O)(O)O)CCC[C@@H]21. The van der Waals surface area contributed by atoms with E-state index >= 15 is 0 Å². The summed E-state index contributed by atoms with van der Waals surface area (Å²) in [6.45, 7) is 4.09. The molecule has 1 unspecified atom stereocenters. The molecule has 0 aromatic heterocycles. The largest absolute Gasteiger partial charge is 0.337 e. The van der Waals surface area contributed by atoms with Crippen molar-refractivity contribution in [2.24, 2.45) is 5.41 Å². The maximum Gasteiger partial charge on any atom is 0.337 e. The molecule has 150 valence electrons. The molecule has 2 N–H and O–H groups in total. The molecule has 1 aromatic carbocycles. The van der Waals surface area contributed by atoms with Crippen LogP contribution in [0.4, 0.5) is 8.78 Å². The summed E-state index contributed by atoms with van der Waals surface area (Å²) < 4.78 is 39.2. The number of hydrogen-bond donors (Lipinski definition) is 2. The van der Waals surface area contributed by atoms with Gasteiger partial charge in [-0.15, -0.1) is 0 Å². The van der Waals surface area contributed by atoms with E-state index in [1.54, 1.807) is 4.90 Å². The molecule has 0 radical (unpaired) electrons. The van der Waals surface area contributed by atoms with Crippen LogP contribution in [0.2, 0.25) is 0 Å². The number of carbonyl (C=O) groups excluding carboxylic acids is 1. The van der Waals surface area contributed by atoms with Gasteiger partial charge >= 0.3 is 7.60 Å². The zero-order chi connectivity index (χ0) is 20.0. The van der Waals surface area contributed by atoms with E-state index in [9.17, 15) is 27.9 Å². The Bertz CT molecular complexity index is 777. The van der Waals surface area contributed by atoms with Gasteiger partial charge < -0.3 is 14.7 Å². The first-order valence-electron chi connectivity index (χ1n) is 9.47. The highest BCUT2D eigenvalue weighted by Crippen LogP contribution is 2.57. The zero-order valence-electron chi connectivity index (χ0n) is 15.6. The van der Waals surface area contributed by atoms with Crippen LogP contribution in [0.5, 0.6) is 0 Å². The van der Waals surface area contributed by atoms with Crippen molar-refractivity contribution in [3.63, 3.8) is 0 Å². The van der Waals surface area contributed by atoms with E-state index < -0.39 is 36.8 Å². The predicted molar refractivity (Wildman–Crippen MR) is 97.0 cm³/mol. The molecule has 2 aliphatic heterocycles. The summed E-state index contributed by atoms with van der Waals surface area (Å²) in [4.78, 5) is 34.2. The Morgan fingerprint density at radius 1 is 1.19 bits per heavy atom. The molecule has 0 bridgehead atoms. The van der Waals surface area contributed by atoms with Crippen LogP contribution in [-0.4, -0.2) is 32.3 Å². The van der Waals surface area contributed by atoms with Gasteiger partial charge in [-0.1, -0.05) is 19.9 Å². The van der Waals surface area contributed by atoms with Gasteiger partial charge in [0.05, 0.1) is 6.04 Å². The smallest absolute Gasteiger partial charge is 0.331 e. The summed E-state index contributed by atoms with van der Waals surface area (Å²) in [7, 11) is -4.59. The van der Waals surface area contributed by atoms with Gasteiger partial charge in [-0.05, 0) is 61.6 Å². The minimum Gasteiger partial charge on any atom is -0.331 e. The summed E-state index contributed by atoms with van der Waals surface area (Å²) in [5.41, 5.74) is -1.09. The molecule has 0 saturated carbocycles. The molecule has 2 heterocycles. The van der Waals surface area contributed by atoms with E-state index in [0.29, 0.717) is 24.8 Å². The molecule has 27 heavy (non-hydrogen) atoms. The minimum atomic E-state index is -4.59. The molecule has 0 aliphatic carbocycles. The number of rotatable bonds is 4. The van der Waals surface area contributed by atoms with Crippen LogP contribution in [0.1, 0.15) is 64.0 Å². The molecule has 3 rings (SSSR count). The molecule has 0 spiro atoms. The summed E-state index contributed by atoms with van der Waals surface area (Å²) in [5.74, 6) is -2.51. The van der Waals surface area contributed by atoms with Crippen LogP contribution >= 0.6 is 7.60 Å². The van der Waals surface area contributed by atoms with Crippen molar-refractivity contribution in [3.05, 3.63) is 35.4 Å². The van der Waals surface area contributed by atoms with Gasteiger partial charge in [-0.2, -0.15) is 0 Å². The van der Waals surface area contributed by atoms with E-state index in [1.165, 1.54) is 6.07 Å². The van der Waals surface area contributed by atoms with E-state index in [2.05, 4.69) is 0 Å². The quantitative estimate of drug-likeness (QED) is 0.744. The molecule has 1 aromatic rings. The second-order valence-corrected chi connectivity index (χ2v) is 9.56. The highest BCUT2D eigenvalue weighted by molar-refractivity contribution is 7.53. The van der Waals surface area contributed by atoms with Crippen molar-refractivity contribution >= 4 is 13.5 Å². The fraction of sp³-hybridized carbons (Fsp3) is 0.632. The molecule has 1 amide bonds. The highest BCUT2D eigenvalue weighted by atomic mass is 31.2. The Balaban J connectivity index is 2.10. The predicted octanol–water partition coefficient (Wildman–Crippen LogP) is 4.14. The fourth-order valence-electron chi connectivity index (χ4n) is 5.00. The van der Waals surface area contributed by atoms with Crippen LogP contribution in [0.25, 0.3) is 0 Å². The molecule has 8 heteroatoms. The molecule has 3 atom stereocenters. The molecular formula is C19H26F2NO4P. The second-order valence-electron chi connectivity index (χ2n) is 7.76. The van der Waals surface area contributed by atoms with Crippen LogP contribution < -0.4 is 0 Å². The Labute approximate surface area is 157 Å². The lowest BCUT2D eigenvalue weighted by Crippen LogP contribution is -2.45. The minimum absolute atomic E-state index is 0.143. The van der Waals surface area contributed by atoms with Gasteiger partial charge in [0.1, 0.15) is 5.66 Å². The first-order chi connectivity index (χ1) is 12.6. The Kier molecular flexibility index (Phi) is 5.50. The number of carbonyl (C=O) groups is 1. The number of hydrogen-bond acceptors (Lipinski definition) is 2. The Morgan fingerprint density at radius 3 is 2.41 bits per heavy atom. The summed E-state index contributed by atoms with van der Waals surface area (Å²) in [5, 5.41) is 0. The third-order valence-electron chi connectivity index (χ3n) is 6.62. The van der Waals surface area contributed by atoms with Crippen molar-refractivity contribution in [1.29, 1.82) is 0 Å². The van der Waals surface area contributed by atoms with Crippen molar-refractivity contribution in [1.82, 2.24) is 4.90 Å². The van der Waals surface area contributed by atoms with E-state index in [1.807, 2.05) is 13.8 Å². The van der Waals surface area contributed by atoms with Crippen LogP contribution in [0, 0.1) is 17.0 Å². The van der Waals surface area contributed by atoms with Gasteiger partial charge in [0.2, 0.25) is 5.91 Å². The number of halogens is 2. The highest BCUT2D eigenvalue weighted by Gasteiger charge is 2.55. The summed E-state index contributed by atoms with van der Waals surface area (Å²) in [6, 6.07) is 2.94. The number of nitrogens with zero attached hydrogens (tertiary/aromatic N) is 1. The lowest BCUT2D eigenvalue weighted by atomic mass is 9.73. The monoisotopic (exact) mass is 401 g/mol. The van der Waals surface area contributed by atoms with Gasteiger partial charge in [0, 0.05) is 6.04 Å². The maximum atomic E-state index is 13.9. The average molecular weight is 401 g/mol. The Morgan fingerprint density at radius 2 is 1.85 bits per heavy atom. The van der Waals surface area contributed by atoms with Crippen LogP contribution in [0.3, 0.4) is 0 Å². The second kappa shape index (κ2) is 7.26. The van der Waals surface area contributed by atoms with Gasteiger partial charge in [0.25, 0.3) is 0 Å². The average Bonchev–Trinajstić information content (AvgIpc) is 2.83. The molecule has 2 aliphatic rings. The van der Waals surface area contributed by atoms with E-state index in [-0.39, 0.29) is 17.9 Å². The van der Waals surface area contributed by atoms with Crippen LogP contribution in [-0.2, 0) is 9.36 Å². The molecule has 2 saturated heterocycles. The maximum absolute atomic E-state index is 13.9. The molecule has 2 fully saturated rings. The standard InChI is InChI=1S/C19H26F2NO4P/c1-3-19(4-2)11-15(12-8-9-13(20)14(21)10-12)22-17(19)7-5-6-16(18(22)23)27(24,25)26/h8-10,15-17H,3-7,11H2,1-2H3,(H2,24,25,26)/t15-,16?,17-/m1/s1. The lowest BCUT2D eigenvalue weighted by Gasteiger charge is -2.37. The van der Waals surface area contributed by atoms with Crippen molar-refractivity contribution < 1.29 is 27.9 Å². The topological polar surface area (TPSA) is 77.8 Å². The number of benzene rings is 1. The summed E-state index contributed by atoms with van der Waals surface area (Å²) in [6.07, 6.45) is 3.54. The number of fused-ring (bicyclic) bond motifs is 1. The fourth-order valence-corrected chi connectivity index (χ4v) is 5.94. The lowest BCUT2D eigenvalue weighted by molar-refractivity contribution is -0.134. The zero-order valence-corrected chi connectivity index (χ0v) is 16.5. The molecular weight excluding hydrogens is 375 g/mol. The number of amides is 1. The van der Waals surface area contributed by atoms with Gasteiger partial charge in [-0.25, -0.2) is 8.78 Å². The third kappa shape index (κ3) is 3.45. The van der Waals surface area contributed by atoms with Crippen molar-refractivity contribution in [3.8, 4) is 0 Å². The summed E-state index contributed by atoms with van der Waals surface area (Å²) >= 11 is 0.